The number of aryl methyl sites for hydroxylation is 2. The largest absolute Gasteiger partial charge is 0.254 e. The van der Waals surface area contributed by atoms with Crippen LogP contribution < -0.4 is 4.57 Å². The van der Waals surface area contributed by atoms with Gasteiger partial charge in [0, 0.05) is 19.1 Å². The SMILES string of the molecule is CCn1c(C)[n+](CC)c2cc(C#N)c(Cl)cc21.I. The molecule has 0 spiro atoms. The zero-order valence-electron chi connectivity index (χ0n) is 10.7. The number of hydrogen-bond acceptors (Lipinski definition) is 1. The van der Waals surface area contributed by atoms with E-state index < -0.39 is 0 Å². The molecule has 0 fully saturated rings. The Morgan fingerprint density at radius 2 is 2.06 bits per heavy atom. The van der Waals surface area contributed by atoms with Gasteiger partial charge < -0.3 is 0 Å². The minimum absolute atomic E-state index is 0. The standard InChI is InChI=1S/C13H15ClN3.HI/c1-4-16-9(3)17(5-2)13-7-11(14)10(8-15)6-12(13)16;/h6-7H,4-5H2,1-3H3;1H/q+1;. The van der Waals surface area contributed by atoms with E-state index in [9.17, 15) is 0 Å². The molecule has 0 aliphatic carbocycles. The Morgan fingerprint density at radius 3 is 2.56 bits per heavy atom. The number of fused-ring (bicyclic) bond motifs is 1. The molecule has 0 radical (unpaired) electrons. The number of nitriles is 1. The maximum atomic E-state index is 9.02. The summed E-state index contributed by atoms with van der Waals surface area (Å²) in [4.78, 5) is 0. The van der Waals surface area contributed by atoms with E-state index >= 15 is 0 Å². The third kappa shape index (κ3) is 2.21. The van der Waals surface area contributed by atoms with Gasteiger partial charge in [-0.1, -0.05) is 11.6 Å². The molecule has 1 heterocycles. The van der Waals surface area contributed by atoms with Gasteiger partial charge in [-0.15, -0.1) is 24.0 Å². The topological polar surface area (TPSA) is 32.6 Å². The van der Waals surface area contributed by atoms with Crippen molar-refractivity contribution in [2.75, 3.05) is 0 Å². The van der Waals surface area contributed by atoms with Crippen LogP contribution in [0.1, 0.15) is 25.2 Å². The molecule has 18 heavy (non-hydrogen) atoms. The van der Waals surface area contributed by atoms with Crippen molar-refractivity contribution in [3.8, 4) is 6.07 Å². The van der Waals surface area contributed by atoms with Crippen molar-refractivity contribution in [1.29, 1.82) is 5.26 Å². The van der Waals surface area contributed by atoms with Crippen molar-refractivity contribution in [1.82, 2.24) is 4.57 Å². The minimum atomic E-state index is 0. The van der Waals surface area contributed by atoms with Crippen LogP contribution >= 0.6 is 35.6 Å². The van der Waals surface area contributed by atoms with Gasteiger partial charge >= 0.3 is 0 Å². The van der Waals surface area contributed by atoms with Crippen LogP contribution in [0.4, 0.5) is 0 Å². The number of nitrogens with zero attached hydrogens (tertiary/aromatic N) is 3. The predicted octanol–water partition coefficient (Wildman–Crippen LogP) is 3.42. The quantitative estimate of drug-likeness (QED) is 0.584. The Bertz CT molecular complexity index is 625. The number of aromatic nitrogens is 2. The lowest BCUT2D eigenvalue weighted by molar-refractivity contribution is -0.674. The van der Waals surface area contributed by atoms with Crippen molar-refractivity contribution in [3.05, 3.63) is 28.5 Å². The monoisotopic (exact) mass is 376 g/mol. The highest BCUT2D eigenvalue weighted by molar-refractivity contribution is 14.0. The fourth-order valence-corrected chi connectivity index (χ4v) is 2.56. The van der Waals surface area contributed by atoms with Gasteiger partial charge in [-0.2, -0.15) is 5.26 Å². The van der Waals surface area contributed by atoms with Crippen LogP contribution in [0.15, 0.2) is 12.1 Å². The summed E-state index contributed by atoms with van der Waals surface area (Å²) in [6.07, 6.45) is 0. The van der Waals surface area contributed by atoms with Gasteiger partial charge in [-0.05, 0) is 13.8 Å². The summed E-state index contributed by atoms with van der Waals surface area (Å²) in [6, 6.07) is 5.89. The van der Waals surface area contributed by atoms with Crippen LogP contribution in [0.5, 0.6) is 0 Å². The summed E-state index contributed by atoms with van der Waals surface area (Å²) in [7, 11) is 0. The summed E-state index contributed by atoms with van der Waals surface area (Å²) in [6.45, 7) is 8.10. The Hall–Kier alpha value is -0.800. The molecule has 3 nitrogen and oxygen atoms in total. The van der Waals surface area contributed by atoms with E-state index in [0.29, 0.717) is 10.6 Å². The lowest BCUT2D eigenvalue weighted by atomic mass is 10.2. The Morgan fingerprint density at radius 1 is 1.39 bits per heavy atom. The minimum Gasteiger partial charge on any atom is -0.228 e. The Balaban J connectivity index is 0.00000162. The van der Waals surface area contributed by atoms with E-state index in [1.165, 1.54) is 5.82 Å². The fourth-order valence-electron chi connectivity index (χ4n) is 2.36. The number of halogens is 2. The molecule has 0 amide bonds. The molecule has 2 aromatic rings. The predicted molar refractivity (Wildman–Crippen MR) is 83.4 cm³/mol. The van der Waals surface area contributed by atoms with Gasteiger partial charge in [0.25, 0.3) is 5.82 Å². The molecular weight excluding hydrogens is 361 g/mol. The van der Waals surface area contributed by atoms with Crippen molar-refractivity contribution in [2.45, 2.75) is 33.9 Å². The third-order valence-electron chi connectivity index (χ3n) is 3.18. The lowest BCUT2D eigenvalue weighted by Gasteiger charge is -1.95. The van der Waals surface area contributed by atoms with Gasteiger partial charge in [-0.25, -0.2) is 9.13 Å². The molecule has 0 atom stereocenters. The summed E-state index contributed by atoms with van der Waals surface area (Å²) >= 11 is 6.09. The summed E-state index contributed by atoms with van der Waals surface area (Å²) in [5.41, 5.74) is 2.71. The summed E-state index contributed by atoms with van der Waals surface area (Å²) in [5.74, 6) is 1.19. The lowest BCUT2D eigenvalue weighted by Crippen LogP contribution is -2.35. The first-order valence-corrected chi connectivity index (χ1v) is 6.14. The number of imidazole rings is 1. The molecule has 0 saturated carbocycles. The van der Waals surface area contributed by atoms with Gasteiger partial charge in [0.05, 0.1) is 23.7 Å². The number of hydrogen-bond donors (Lipinski definition) is 0. The van der Waals surface area contributed by atoms with Gasteiger partial charge in [0.15, 0.2) is 11.0 Å². The molecule has 0 aliphatic heterocycles. The molecule has 0 unspecified atom stereocenters. The molecule has 2 rings (SSSR count). The highest BCUT2D eigenvalue weighted by Gasteiger charge is 2.21. The van der Waals surface area contributed by atoms with Crippen LogP contribution in [0, 0.1) is 18.3 Å². The molecule has 1 aromatic carbocycles. The first-order valence-electron chi connectivity index (χ1n) is 5.76. The molecule has 0 aliphatic rings. The van der Waals surface area contributed by atoms with Crippen molar-refractivity contribution in [3.63, 3.8) is 0 Å². The van der Waals surface area contributed by atoms with Crippen molar-refractivity contribution < 1.29 is 4.57 Å². The van der Waals surface area contributed by atoms with E-state index in [0.717, 1.165) is 24.1 Å². The van der Waals surface area contributed by atoms with Crippen LogP contribution in [0.25, 0.3) is 11.0 Å². The summed E-state index contributed by atoms with van der Waals surface area (Å²) < 4.78 is 4.42. The van der Waals surface area contributed by atoms with E-state index in [1.54, 1.807) is 0 Å². The normalized spacial score (nSPS) is 10.2. The average molecular weight is 377 g/mol. The highest BCUT2D eigenvalue weighted by atomic mass is 127. The van der Waals surface area contributed by atoms with E-state index in [4.69, 9.17) is 16.9 Å². The van der Waals surface area contributed by atoms with Crippen molar-refractivity contribution in [2.24, 2.45) is 0 Å². The van der Waals surface area contributed by atoms with Gasteiger partial charge in [-0.3, -0.25) is 0 Å². The van der Waals surface area contributed by atoms with Crippen LogP contribution in [-0.4, -0.2) is 4.57 Å². The van der Waals surface area contributed by atoms with Crippen LogP contribution in [0.2, 0.25) is 5.02 Å². The third-order valence-corrected chi connectivity index (χ3v) is 3.49. The van der Waals surface area contributed by atoms with Gasteiger partial charge in [0.2, 0.25) is 0 Å². The van der Waals surface area contributed by atoms with E-state index in [2.05, 4.69) is 36.0 Å². The first-order chi connectivity index (χ1) is 8.13. The Kier molecular flexibility index (Phi) is 5.00. The van der Waals surface area contributed by atoms with Crippen LogP contribution in [0.3, 0.4) is 0 Å². The second-order valence-electron chi connectivity index (χ2n) is 3.97. The second kappa shape index (κ2) is 5.89. The molecular formula is C13H16ClIN3+. The second-order valence-corrected chi connectivity index (χ2v) is 4.38. The molecule has 0 N–H and O–H groups in total. The number of benzene rings is 1. The van der Waals surface area contributed by atoms with E-state index in [1.807, 2.05) is 12.1 Å². The molecule has 5 heteroatoms. The fraction of sp³-hybridized carbons (Fsp3) is 0.385. The first kappa shape index (κ1) is 15.3. The molecule has 1 aromatic heterocycles. The maximum Gasteiger partial charge on any atom is 0.254 e. The van der Waals surface area contributed by atoms with Crippen LogP contribution in [-0.2, 0) is 13.1 Å². The Labute approximate surface area is 129 Å². The zero-order valence-corrected chi connectivity index (χ0v) is 13.8. The molecule has 0 saturated heterocycles. The molecule has 96 valence electrons. The summed E-state index contributed by atoms with van der Waals surface area (Å²) in [5, 5.41) is 9.55. The number of rotatable bonds is 2. The highest BCUT2D eigenvalue weighted by Crippen LogP contribution is 2.23. The van der Waals surface area contributed by atoms with Crippen molar-refractivity contribution >= 4 is 46.6 Å². The zero-order chi connectivity index (χ0) is 12.6. The van der Waals surface area contributed by atoms with E-state index in [-0.39, 0.29) is 24.0 Å². The van der Waals surface area contributed by atoms with Gasteiger partial charge in [0.1, 0.15) is 6.07 Å². The molecule has 0 bridgehead atoms. The smallest absolute Gasteiger partial charge is 0.228 e. The maximum absolute atomic E-state index is 9.02. The average Bonchev–Trinajstić information content (AvgIpc) is 2.58.